The van der Waals surface area contributed by atoms with Gasteiger partial charge in [-0.2, -0.15) is 0 Å². The van der Waals surface area contributed by atoms with Gasteiger partial charge in [-0.15, -0.1) is 0 Å². The summed E-state index contributed by atoms with van der Waals surface area (Å²) in [6, 6.07) is 3.52. The van der Waals surface area contributed by atoms with E-state index in [1.807, 2.05) is 13.8 Å². The molecule has 1 aromatic rings. The first-order valence-electron chi connectivity index (χ1n) is 7.91. The van der Waals surface area contributed by atoms with Crippen LogP contribution in [0.1, 0.15) is 19.4 Å². The van der Waals surface area contributed by atoms with E-state index in [0.29, 0.717) is 30.3 Å². The monoisotopic (exact) mass is 335 g/mol. The molecule has 1 heterocycles. The van der Waals surface area contributed by atoms with Crippen LogP contribution in [0.15, 0.2) is 18.2 Å². The summed E-state index contributed by atoms with van der Waals surface area (Å²) in [5, 5.41) is 0. The number of methoxy groups -OCH3 is 3. The Hall–Kier alpha value is -2.21. The quantitative estimate of drug-likeness (QED) is 0.773. The number of carbonyl (C=O) groups excluding carboxylic acids is 1. The molecule has 1 amide bonds. The van der Waals surface area contributed by atoms with Gasteiger partial charge in [-0.05, 0) is 26.0 Å². The summed E-state index contributed by atoms with van der Waals surface area (Å²) < 4.78 is 21.6. The van der Waals surface area contributed by atoms with Crippen LogP contribution in [0.2, 0.25) is 0 Å². The smallest absolute Gasteiger partial charge is 0.246 e. The van der Waals surface area contributed by atoms with Gasteiger partial charge >= 0.3 is 0 Å². The molecule has 132 valence electrons. The normalized spacial score (nSPS) is 21.0. The molecule has 1 aliphatic heterocycles. The maximum atomic E-state index is 12.4. The minimum Gasteiger partial charge on any atom is -0.496 e. The van der Waals surface area contributed by atoms with E-state index in [1.54, 1.807) is 50.5 Å². The van der Waals surface area contributed by atoms with E-state index < -0.39 is 0 Å². The fraction of sp³-hybridized carbons (Fsp3) is 0.500. The second-order valence-electron chi connectivity index (χ2n) is 5.78. The summed E-state index contributed by atoms with van der Waals surface area (Å²) >= 11 is 0. The molecule has 1 aliphatic rings. The number of morpholine rings is 1. The van der Waals surface area contributed by atoms with Crippen LogP contribution in [0.25, 0.3) is 6.08 Å². The van der Waals surface area contributed by atoms with Crippen molar-refractivity contribution in [2.45, 2.75) is 26.1 Å². The first kappa shape index (κ1) is 18.1. The molecule has 24 heavy (non-hydrogen) atoms. The predicted octanol–water partition coefficient (Wildman–Crippen LogP) is 2.36. The Morgan fingerprint density at radius 3 is 2.12 bits per heavy atom. The van der Waals surface area contributed by atoms with Gasteiger partial charge in [-0.1, -0.05) is 0 Å². The van der Waals surface area contributed by atoms with Crippen LogP contribution >= 0.6 is 0 Å². The maximum Gasteiger partial charge on any atom is 0.246 e. The largest absolute Gasteiger partial charge is 0.496 e. The van der Waals surface area contributed by atoms with Crippen molar-refractivity contribution in [2.24, 2.45) is 0 Å². The Kier molecular flexibility index (Phi) is 6.09. The molecule has 2 atom stereocenters. The Morgan fingerprint density at radius 1 is 1.04 bits per heavy atom. The molecular formula is C18H25NO5. The summed E-state index contributed by atoms with van der Waals surface area (Å²) in [7, 11) is 4.71. The van der Waals surface area contributed by atoms with Crippen molar-refractivity contribution in [1.82, 2.24) is 4.90 Å². The van der Waals surface area contributed by atoms with E-state index in [1.165, 1.54) is 0 Å². The highest BCUT2D eigenvalue weighted by Crippen LogP contribution is 2.35. The van der Waals surface area contributed by atoms with Crippen molar-refractivity contribution in [2.75, 3.05) is 34.4 Å². The number of benzene rings is 1. The second-order valence-corrected chi connectivity index (χ2v) is 5.78. The van der Waals surface area contributed by atoms with Gasteiger partial charge in [0.2, 0.25) is 5.91 Å². The van der Waals surface area contributed by atoms with E-state index in [2.05, 4.69) is 0 Å². The molecular weight excluding hydrogens is 310 g/mol. The lowest BCUT2D eigenvalue weighted by molar-refractivity contribution is -0.137. The van der Waals surface area contributed by atoms with Gasteiger partial charge in [0, 0.05) is 30.8 Å². The zero-order chi connectivity index (χ0) is 17.7. The van der Waals surface area contributed by atoms with Gasteiger partial charge in [0.25, 0.3) is 0 Å². The number of hydrogen-bond donors (Lipinski definition) is 0. The number of hydrogen-bond acceptors (Lipinski definition) is 5. The third kappa shape index (κ3) is 4.20. The molecule has 0 saturated carbocycles. The second kappa shape index (κ2) is 8.06. The average molecular weight is 335 g/mol. The topological polar surface area (TPSA) is 57.2 Å². The van der Waals surface area contributed by atoms with Crippen molar-refractivity contribution in [1.29, 1.82) is 0 Å². The fourth-order valence-electron chi connectivity index (χ4n) is 2.81. The molecule has 0 aliphatic carbocycles. The van der Waals surface area contributed by atoms with Gasteiger partial charge in [0.15, 0.2) is 11.5 Å². The summed E-state index contributed by atoms with van der Waals surface area (Å²) in [6.45, 7) is 5.13. The summed E-state index contributed by atoms with van der Waals surface area (Å²) in [5.41, 5.74) is 0.748. The standard InChI is InChI=1S/C18H25NO5/c1-12-10-19(11-13(2)24-12)18(20)7-6-14-8-16(22-4)17(23-5)9-15(14)21-3/h6-9,12-13H,10-11H2,1-5H3/b7-6+. The van der Waals surface area contributed by atoms with E-state index in [0.717, 1.165) is 5.56 Å². The van der Waals surface area contributed by atoms with E-state index in [9.17, 15) is 4.79 Å². The lowest BCUT2D eigenvalue weighted by Crippen LogP contribution is -2.47. The van der Waals surface area contributed by atoms with Gasteiger partial charge in [0.1, 0.15) is 5.75 Å². The molecule has 1 saturated heterocycles. The molecule has 0 bridgehead atoms. The van der Waals surface area contributed by atoms with Gasteiger partial charge < -0.3 is 23.8 Å². The van der Waals surface area contributed by atoms with Crippen LogP contribution in [0.5, 0.6) is 17.2 Å². The van der Waals surface area contributed by atoms with Gasteiger partial charge in [-0.25, -0.2) is 0 Å². The lowest BCUT2D eigenvalue weighted by Gasteiger charge is -2.34. The van der Waals surface area contributed by atoms with Crippen molar-refractivity contribution < 1.29 is 23.7 Å². The summed E-state index contributed by atoms with van der Waals surface area (Å²) in [5.74, 6) is 1.72. The predicted molar refractivity (Wildman–Crippen MR) is 91.7 cm³/mol. The molecule has 2 unspecified atom stereocenters. The Labute approximate surface area is 142 Å². The third-order valence-electron chi connectivity index (χ3n) is 3.87. The molecule has 1 fully saturated rings. The number of rotatable bonds is 5. The van der Waals surface area contributed by atoms with Crippen LogP contribution < -0.4 is 14.2 Å². The Balaban J connectivity index is 2.19. The van der Waals surface area contributed by atoms with Crippen LogP contribution in [-0.4, -0.2) is 57.4 Å². The van der Waals surface area contributed by atoms with Crippen molar-refractivity contribution in [3.05, 3.63) is 23.8 Å². The SMILES string of the molecule is COc1cc(OC)c(OC)cc1/C=C/C(=O)N1CC(C)OC(C)C1. The first-order chi connectivity index (χ1) is 11.5. The third-order valence-corrected chi connectivity index (χ3v) is 3.87. The molecule has 6 heteroatoms. The summed E-state index contributed by atoms with van der Waals surface area (Å²) in [6.07, 6.45) is 3.37. The van der Waals surface area contributed by atoms with E-state index in [4.69, 9.17) is 18.9 Å². The number of ether oxygens (including phenoxy) is 4. The number of amides is 1. The lowest BCUT2D eigenvalue weighted by atomic mass is 10.1. The van der Waals surface area contributed by atoms with Crippen LogP contribution in [0, 0.1) is 0 Å². The van der Waals surface area contributed by atoms with Crippen molar-refractivity contribution in [3.63, 3.8) is 0 Å². The van der Waals surface area contributed by atoms with Crippen LogP contribution in [0.4, 0.5) is 0 Å². The fourth-order valence-corrected chi connectivity index (χ4v) is 2.81. The minimum atomic E-state index is -0.0474. The highest BCUT2D eigenvalue weighted by molar-refractivity contribution is 5.92. The van der Waals surface area contributed by atoms with Crippen LogP contribution in [-0.2, 0) is 9.53 Å². The highest BCUT2D eigenvalue weighted by Gasteiger charge is 2.24. The summed E-state index contributed by atoms with van der Waals surface area (Å²) in [4.78, 5) is 14.2. The molecule has 1 aromatic carbocycles. The molecule has 0 spiro atoms. The zero-order valence-corrected chi connectivity index (χ0v) is 14.9. The molecule has 6 nitrogen and oxygen atoms in total. The van der Waals surface area contributed by atoms with E-state index in [-0.39, 0.29) is 18.1 Å². The molecule has 2 rings (SSSR count). The minimum absolute atomic E-state index is 0.0433. The van der Waals surface area contributed by atoms with Gasteiger partial charge in [-0.3, -0.25) is 4.79 Å². The van der Waals surface area contributed by atoms with Crippen molar-refractivity contribution in [3.8, 4) is 17.2 Å². The van der Waals surface area contributed by atoms with Crippen LogP contribution in [0.3, 0.4) is 0 Å². The van der Waals surface area contributed by atoms with Crippen molar-refractivity contribution >= 4 is 12.0 Å². The van der Waals surface area contributed by atoms with E-state index >= 15 is 0 Å². The average Bonchev–Trinajstić information content (AvgIpc) is 2.57. The zero-order valence-electron chi connectivity index (χ0n) is 14.9. The first-order valence-corrected chi connectivity index (χ1v) is 7.91. The Bertz CT molecular complexity index is 604. The number of nitrogens with zero attached hydrogens (tertiary/aromatic N) is 1. The highest BCUT2D eigenvalue weighted by atomic mass is 16.5. The number of carbonyl (C=O) groups is 1. The van der Waals surface area contributed by atoms with Gasteiger partial charge in [0.05, 0.1) is 33.5 Å². The molecule has 0 radical (unpaired) electrons. The maximum absolute atomic E-state index is 12.4. The Morgan fingerprint density at radius 2 is 1.58 bits per heavy atom. The molecule has 0 N–H and O–H groups in total. The molecule has 0 aromatic heterocycles.